The van der Waals surface area contributed by atoms with Gasteiger partial charge in [-0.15, -0.1) is 0 Å². The third-order valence-corrected chi connectivity index (χ3v) is 2.21. The average molecular weight is 176 g/mol. The van der Waals surface area contributed by atoms with Crippen LogP contribution in [0.15, 0.2) is 24.0 Å². The highest BCUT2D eigenvalue weighted by Gasteiger charge is 2.09. The van der Waals surface area contributed by atoms with E-state index in [-0.39, 0.29) is 0 Å². The van der Waals surface area contributed by atoms with Crippen LogP contribution in [0.25, 0.3) is 6.08 Å². The van der Waals surface area contributed by atoms with Gasteiger partial charge in [0.1, 0.15) is 12.4 Å². The summed E-state index contributed by atoms with van der Waals surface area (Å²) in [6.45, 7) is 2.68. The molecule has 1 N–H and O–H groups in total. The molecule has 0 atom stereocenters. The predicted octanol–water partition coefficient (Wildman–Crippen LogP) is 2.67. The molecule has 1 aliphatic heterocycles. The first-order valence-electron chi connectivity index (χ1n) is 4.45. The van der Waals surface area contributed by atoms with E-state index in [4.69, 9.17) is 4.74 Å². The molecule has 13 heavy (non-hydrogen) atoms. The van der Waals surface area contributed by atoms with E-state index in [1.165, 1.54) is 0 Å². The minimum Gasteiger partial charge on any atom is -0.508 e. The van der Waals surface area contributed by atoms with Gasteiger partial charge in [0.25, 0.3) is 0 Å². The van der Waals surface area contributed by atoms with Crippen molar-refractivity contribution in [3.63, 3.8) is 0 Å². The van der Waals surface area contributed by atoms with Gasteiger partial charge >= 0.3 is 0 Å². The first kappa shape index (κ1) is 8.17. The van der Waals surface area contributed by atoms with Crippen LogP contribution in [0.1, 0.15) is 24.5 Å². The van der Waals surface area contributed by atoms with E-state index < -0.39 is 0 Å². The van der Waals surface area contributed by atoms with Gasteiger partial charge in [-0.25, -0.2) is 0 Å². The first-order chi connectivity index (χ1) is 6.29. The molecule has 1 aromatic carbocycles. The standard InChI is InChI=1S/C11H12O2/c1-2-11-6-9-5-10(12)4-3-8(9)7-13-11/h3-6,12H,2,7H2,1H3. The zero-order valence-electron chi connectivity index (χ0n) is 7.58. The molecule has 0 aliphatic carbocycles. The summed E-state index contributed by atoms with van der Waals surface area (Å²) in [5.74, 6) is 1.30. The van der Waals surface area contributed by atoms with Gasteiger partial charge in [-0.2, -0.15) is 0 Å². The molecule has 1 aromatic rings. The Bertz CT molecular complexity index is 353. The third kappa shape index (κ3) is 1.52. The fourth-order valence-corrected chi connectivity index (χ4v) is 1.44. The van der Waals surface area contributed by atoms with Gasteiger partial charge in [0.2, 0.25) is 0 Å². The van der Waals surface area contributed by atoms with Crippen LogP contribution in [0.5, 0.6) is 5.75 Å². The van der Waals surface area contributed by atoms with Crippen LogP contribution in [0.4, 0.5) is 0 Å². The smallest absolute Gasteiger partial charge is 0.116 e. The van der Waals surface area contributed by atoms with E-state index in [1.807, 2.05) is 12.1 Å². The first-order valence-corrected chi connectivity index (χ1v) is 4.45. The molecule has 2 nitrogen and oxygen atoms in total. The zero-order valence-corrected chi connectivity index (χ0v) is 7.58. The quantitative estimate of drug-likeness (QED) is 0.712. The molecule has 2 heteroatoms. The van der Waals surface area contributed by atoms with Crippen molar-refractivity contribution in [1.29, 1.82) is 0 Å². The van der Waals surface area contributed by atoms with E-state index in [1.54, 1.807) is 12.1 Å². The van der Waals surface area contributed by atoms with Crippen molar-refractivity contribution in [2.75, 3.05) is 0 Å². The second-order valence-electron chi connectivity index (χ2n) is 3.14. The SMILES string of the molecule is CCC1=Cc2cc(O)ccc2CO1. The van der Waals surface area contributed by atoms with Crippen LogP contribution < -0.4 is 0 Å². The Kier molecular flexibility index (Phi) is 1.97. The van der Waals surface area contributed by atoms with Gasteiger partial charge in [-0.1, -0.05) is 13.0 Å². The minimum atomic E-state index is 0.312. The van der Waals surface area contributed by atoms with E-state index in [0.717, 1.165) is 23.3 Å². The number of aromatic hydroxyl groups is 1. The molecular weight excluding hydrogens is 164 g/mol. The van der Waals surface area contributed by atoms with Gasteiger partial charge in [0, 0.05) is 6.42 Å². The molecular formula is C11H12O2. The summed E-state index contributed by atoms with van der Waals surface area (Å²) in [5, 5.41) is 9.28. The Morgan fingerprint density at radius 2 is 2.31 bits per heavy atom. The Hall–Kier alpha value is -1.44. The van der Waals surface area contributed by atoms with Gasteiger partial charge in [-0.3, -0.25) is 0 Å². The zero-order chi connectivity index (χ0) is 9.26. The summed E-state index contributed by atoms with van der Waals surface area (Å²) in [6.07, 6.45) is 2.88. The maximum atomic E-state index is 9.28. The molecule has 0 amide bonds. The molecule has 1 aliphatic rings. The van der Waals surface area contributed by atoms with E-state index in [9.17, 15) is 5.11 Å². The number of benzene rings is 1. The van der Waals surface area contributed by atoms with Gasteiger partial charge in [0.15, 0.2) is 0 Å². The molecule has 0 radical (unpaired) electrons. The maximum absolute atomic E-state index is 9.28. The summed E-state index contributed by atoms with van der Waals surface area (Å²) >= 11 is 0. The lowest BCUT2D eigenvalue weighted by Gasteiger charge is -2.17. The van der Waals surface area contributed by atoms with E-state index in [2.05, 4.69) is 6.92 Å². The Balaban J connectivity index is 2.44. The summed E-state index contributed by atoms with van der Waals surface area (Å²) < 4.78 is 5.47. The fraction of sp³-hybridized carbons (Fsp3) is 0.273. The highest BCUT2D eigenvalue weighted by Crippen LogP contribution is 2.26. The van der Waals surface area contributed by atoms with Crippen molar-refractivity contribution < 1.29 is 9.84 Å². The van der Waals surface area contributed by atoms with Crippen molar-refractivity contribution in [2.45, 2.75) is 20.0 Å². The van der Waals surface area contributed by atoms with Crippen LogP contribution in [-0.4, -0.2) is 5.11 Å². The summed E-state index contributed by atoms with van der Waals surface area (Å²) in [4.78, 5) is 0. The molecule has 1 heterocycles. The highest BCUT2D eigenvalue weighted by atomic mass is 16.5. The predicted molar refractivity (Wildman–Crippen MR) is 51.2 cm³/mol. The lowest BCUT2D eigenvalue weighted by Crippen LogP contribution is -2.01. The molecule has 0 fully saturated rings. The molecule has 0 saturated heterocycles. The summed E-state index contributed by atoms with van der Waals surface area (Å²) in [5.41, 5.74) is 2.21. The number of hydrogen-bond acceptors (Lipinski definition) is 2. The van der Waals surface area contributed by atoms with E-state index in [0.29, 0.717) is 12.4 Å². The van der Waals surface area contributed by atoms with Crippen LogP contribution in [0, 0.1) is 0 Å². The van der Waals surface area contributed by atoms with Crippen molar-refractivity contribution in [1.82, 2.24) is 0 Å². The second kappa shape index (κ2) is 3.13. The molecule has 0 saturated carbocycles. The number of ether oxygens (including phenoxy) is 1. The number of fused-ring (bicyclic) bond motifs is 1. The summed E-state index contributed by atoms with van der Waals surface area (Å²) in [7, 11) is 0. The Labute approximate surface area is 77.5 Å². The third-order valence-electron chi connectivity index (χ3n) is 2.21. The number of phenols is 1. The van der Waals surface area contributed by atoms with Crippen LogP contribution in [0.2, 0.25) is 0 Å². The van der Waals surface area contributed by atoms with Crippen molar-refractivity contribution in [3.05, 3.63) is 35.1 Å². The van der Waals surface area contributed by atoms with Crippen LogP contribution in [0.3, 0.4) is 0 Å². The number of phenolic OH excluding ortho intramolecular Hbond substituents is 1. The van der Waals surface area contributed by atoms with Crippen molar-refractivity contribution >= 4 is 6.08 Å². The topological polar surface area (TPSA) is 29.5 Å². The number of hydrogen-bond donors (Lipinski definition) is 1. The number of rotatable bonds is 1. The maximum Gasteiger partial charge on any atom is 0.116 e. The molecule has 0 bridgehead atoms. The van der Waals surface area contributed by atoms with Gasteiger partial charge in [0.05, 0.1) is 5.76 Å². The summed E-state index contributed by atoms with van der Waals surface area (Å²) in [6, 6.07) is 5.36. The normalized spacial score (nSPS) is 14.4. The fourth-order valence-electron chi connectivity index (χ4n) is 1.44. The lowest BCUT2D eigenvalue weighted by molar-refractivity contribution is 0.190. The molecule has 2 rings (SSSR count). The Morgan fingerprint density at radius 1 is 1.46 bits per heavy atom. The molecule has 0 spiro atoms. The molecule has 0 aromatic heterocycles. The monoisotopic (exact) mass is 176 g/mol. The van der Waals surface area contributed by atoms with Gasteiger partial charge < -0.3 is 9.84 Å². The Morgan fingerprint density at radius 3 is 3.08 bits per heavy atom. The largest absolute Gasteiger partial charge is 0.508 e. The lowest BCUT2D eigenvalue weighted by atomic mass is 10.0. The van der Waals surface area contributed by atoms with Gasteiger partial charge in [-0.05, 0) is 29.3 Å². The second-order valence-corrected chi connectivity index (χ2v) is 3.14. The van der Waals surface area contributed by atoms with Crippen molar-refractivity contribution in [2.24, 2.45) is 0 Å². The highest BCUT2D eigenvalue weighted by molar-refractivity contribution is 5.59. The van der Waals surface area contributed by atoms with Crippen LogP contribution in [-0.2, 0) is 11.3 Å². The number of allylic oxidation sites excluding steroid dienone is 1. The molecule has 68 valence electrons. The van der Waals surface area contributed by atoms with Crippen molar-refractivity contribution in [3.8, 4) is 5.75 Å². The minimum absolute atomic E-state index is 0.312. The molecule has 0 unspecified atom stereocenters. The average Bonchev–Trinajstić information content (AvgIpc) is 2.16. The van der Waals surface area contributed by atoms with E-state index >= 15 is 0 Å². The van der Waals surface area contributed by atoms with Crippen LogP contribution >= 0.6 is 0 Å².